The molecular weight excluding hydrogens is 1950 g/mol. The second kappa shape index (κ2) is 84.2. The Hall–Kier alpha value is -9.40. The quantitative estimate of drug-likeness (QED) is 0.0188. The molecule has 50 nitrogen and oxygen atoms in total. The molecule has 2 aliphatic heterocycles. The standard InChI is InChI=1S/C98H170N12O38/c1-71(2)85(91(121)103-73(5)95(125)147-97(7,8)9)107-89(119)75(21-15-17-29-99-79(113)69-145-67-65-143-63-61-141-59-57-139-55-53-137-51-49-135-47-45-133-43-41-131-39-37-129-35-33-127-13)105-77(111)23-19-31-101-93(123)87(109-81(115)25-26-82(109)116)88(110-83(117)27-28-84(110)118)94(124)102-32-20-24-78(112)106-76(90(120)108-86(72(3)4)92(122)104-74(6)96(126)148-98(10,11)12)22-16-18-30-100-80(114)70-146-68-66-144-64-62-142-60-58-140-56-54-138-52-50-136-48-46-134-44-42-132-40-38-130-36-34-128-14/h25-28,71-76,85-88H,15-24,29-70H2,1-14H3,(H,99,113)(H,100,114)(H,101,123)(H,102,124)(H,103,121)(H,104,122)(H,105,111)(H,106,112)(H,107,119)(H,108,120)/t73-,74-,75-,76-,85-,86-,87-,88-/m0/s1. The monoisotopic (exact) mass is 2120 g/mol. The molecule has 148 heavy (non-hydrogen) atoms. The summed E-state index contributed by atoms with van der Waals surface area (Å²) in [5, 5.41) is 26.3. The second-order valence-corrected chi connectivity index (χ2v) is 36.2. The maximum absolute atomic E-state index is 14.6. The van der Waals surface area contributed by atoms with E-state index in [0.29, 0.717) is 221 Å². The number of esters is 2. The number of nitrogens with one attached hydrogen (secondary N) is 10. The lowest BCUT2D eigenvalue weighted by Gasteiger charge is -2.35. The Labute approximate surface area is 869 Å². The minimum atomic E-state index is -2.26. The van der Waals surface area contributed by atoms with Crippen LogP contribution in [0.3, 0.4) is 0 Å². The van der Waals surface area contributed by atoms with Crippen molar-refractivity contribution in [3.8, 4) is 0 Å². The van der Waals surface area contributed by atoms with Crippen LogP contribution >= 0.6 is 0 Å². The Balaban J connectivity index is 2.05. The molecule has 14 amide bonds. The molecule has 0 bridgehead atoms. The van der Waals surface area contributed by atoms with Crippen LogP contribution in [-0.2, 0) is 181 Å². The van der Waals surface area contributed by atoms with E-state index in [2.05, 4.69) is 53.2 Å². The number of hydrogen-bond donors (Lipinski definition) is 10. The SMILES string of the molecule is COCCOCCOCCOCCOCCOCCOCCOCCOCCOCC(=O)NCCCC[C@H](NC(=O)CCCNC(=O)[C@H]([C@@H](C(=O)NCCCC(=O)N[C@@H](CCCCNC(=O)COCCOCCOCCOCCOCCOCCOCCOCCOCCOC)C(=O)N[C@H](C(=O)N[C@@H](C)C(=O)OC(C)(C)C)C(C)C)N1C(=O)C=CC1=O)N1C(=O)C=CC1=O)C(=O)N[C@H](C(=O)N[C@@H](C)C(=O)OC(C)(C)C)C(C)C. The van der Waals surface area contributed by atoms with Crippen molar-refractivity contribution in [3.05, 3.63) is 24.3 Å². The van der Waals surface area contributed by atoms with E-state index in [1.165, 1.54) is 13.8 Å². The van der Waals surface area contributed by atoms with Crippen LogP contribution in [0.25, 0.3) is 0 Å². The zero-order valence-corrected chi connectivity index (χ0v) is 89.3. The first-order chi connectivity index (χ1) is 70.9. The van der Waals surface area contributed by atoms with Crippen molar-refractivity contribution in [2.75, 3.05) is 291 Å². The molecule has 0 fully saturated rings. The Bertz CT molecular complexity index is 3570. The molecule has 2 aliphatic rings. The van der Waals surface area contributed by atoms with E-state index >= 15 is 0 Å². The fourth-order valence-corrected chi connectivity index (χ4v) is 13.1. The molecule has 0 aromatic heterocycles. The van der Waals surface area contributed by atoms with Crippen LogP contribution in [0, 0.1) is 11.8 Å². The molecule has 0 radical (unpaired) electrons. The number of amides is 14. The van der Waals surface area contributed by atoms with Crippen molar-refractivity contribution >= 4 is 94.6 Å². The molecule has 2 rings (SSSR count). The topological polar surface area (TPSA) is 603 Å². The number of nitrogens with zero attached hydrogens (tertiary/aromatic N) is 2. The molecule has 0 saturated heterocycles. The highest BCUT2D eigenvalue weighted by Gasteiger charge is 2.51. The van der Waals surface area contributed by atoms with Crippen molar-refractivity contribution in [2.45, 2.75) is 207 Å². The Morgan fingerprint density at radius 2 is 0.486 bits per heavy atom. The Morgan fingerprint density at radius 1 is 0.264 bits per heavy atom. The van der Waals surface area contributed by atoms with E-state index < -0.39 is 192 Å². The van der Waals surface area contributed by atoms with E-state index in [4.69, 9.17) is 104 Å². The molecule has 0 saturated carbocycles. The van der Waals surface area contributed by atoms with E-state index in [9.17, 15) is 76.7 Å². The molecule has 2 heterocycles. The van der Waals surface area contributed by atoms with Gasteiger partial charge in [0.2, 0.25) is 59.1 Å². The molecule has 8 atom stereocenters. The lowest BCUT2D eigenvalue weighted by molar-refractivity contribution is -0.159. The molecular formula is C98H170N12O38. The van der Waals surface area contributed by atoms with Gasteiger partial charge in [0.1, 0.15) is 72.8 Å². The summed E-state index contributed by atoms with van der Waals surface area (Å²) in [5.74, 6) is -15.0. The van der Waals surface area contributed by atoms with Gasteiger partial charge in [0.15, 0.2) is 0 Å². The maximum Gasteiger partial charge on any atom is 0.328 e. The number of rotatable bonds is 95. The van der Waals surface area contributed by atoms with Crippen molar-refractivity contribution in [1.29, 1.82) is 0 Å². The summed E-state index contributed by atoms with van der Waals surface area (Å²) >= 11 is 0. The number of unbranched alkanes of at least 4 members (excludes halogenated alkanes) is 2. The molecule has 0 aromatic carbocycles. The number of carbonyl (C=O) groups is 16. The van der Waals surface area contributed by atoms with Crippen molar-refractivity contribution < 1.29 is 181 Å². The number of imide groups is 2. The summed E-state index contributed by atoms with van der Waals surface area (Å²) in [6, 6.07) is -11.9. The molecule has 10 N–H and O–H groups in total. The minimum Gasteiger partial charge on any atom is -0.458 e. The van der Waals surface area contributed by atoms with E-state index in [-0.39, 0.29) is 104 Å². The van der Waals surface area contributed by atoms with Gasteiger partial charge in [0.25, 0.3) is 23.6 Å². The Kier molecular flexibility index (Phi) is 76.6. The largest absolute Gasteiger partial charge is 0.458 e. The van der Waals surface area contributed by atoms with Crippen molar-refractivity contribution in [1.82, 2.24) is 63.0 Å². The normalized spacial score (nSPS) is 14.3. The lowest BCUT2D eigenvalue weighted by Crippen LogP contribution is -2.66. The van der Waals surface area contributed by atoms with Crippen LogP contribution < -0.4 is 53.2 Å². The number of ether oxygens (including phenoxy) is 22. The van der Waals surface area contributed by atoms with Gasteiger partial charge in [-0.3, -0.25) is 76.9 Å². The number of hydrogen-bond acceptors (Lipinski definition) is 38. The van der Waals surface area contributed by atoms with Gasteiger partial charge in [0, 0.05) is 77.5 Å². The number of carbonyl (C=O) groups excluding carboxylic acids is 16. The minimum absolute atomic E-state index is 0.0381. The smallest absolute Gasteiger partial charge is 0.328 e. The molecule has 0 unspecified atom stereocenters. The molecule has 0 aliphatic carbocycles. The van der Waals surface area contributed by atoms with Gasteiger partial charge in [-0.05, 0) is 119 Å². The fraction of sp³-hybridized carbons (Fsp3) is 0.796. The van der Waals surface area contributed by atoms with Crippen molar-refractivity contribution in [2.24, 2.45) is 11.8 Å². The van der Waals surface area contributed by atoms with Gasteiger partial charge in [-0.1, -0.05) is 27.7 Å². The van der Waals surface area contributed by atoms with Gasteiger partial charge in [-0.2, -0.15) is 0 Å². The summed E-state index contributed by atoms with van der Waals surface area (Å²) in [4.78, 5) is 219. The van der Waals surface area contributed by atoms with Crippen LogP contribution in [0.1, 0.15) is 147 Å². The van der Waals surface area contributed by atoms with Gasteiger partial charge >= 0.3 is 11.9 Å². The fourth-order valence-electron chi connectivity index (χ4n) is 13.1. The third kappa shape index (κ3) is 67.7. The van der Waals surface area contributed by atoms with Crippen LogP contribution in [0.5, 0.6) is 0 Å². The lowest BCUT2D eigenvalue weighted by atomic mass is 10.0. The first-order valence-corrected chi connectivity index (χ1v) is 50.8. The van der Waals surface area contributed by atoms with E-state index in [1.807, 2.05) is 0 Å². The van der Waals surface area contributed by atoms with Gasteiger partial charge in [-0.25, -0.2) is 9.59 Å². The molecule has 850 valence electrons. The Morgan fingerprint density at radius 3 is 0.709 bits per heavy atom. The van der Waals surface area contributed by atoms with Crippen LogP contribution in [0.15, 0.2) is 24.3 Å². The molecule has 0 aromatic rings. The predicted octanol–water partition coefficient (Wildman–Crippen LogP) is -1.52. The highest BCUT2D eigenvalue weighted by molar-refractivity contribution is 6.19. The second-order valence-electron chi connectivity index (χ2n) is 36.2. The van der Waals surface area contributed by atoms with Gasteiger partial charge < -0.3 is 157 Å². The highest BCUT2D eigenvalue weighted by atomic mass is 16.6. The summed E-state index contributed by atoms with van der Waals surface area (Å²) in [5.41, 5.74) is -1.77. The summed E-state index contributed by atoms with van der Waals surface area (Å²) in [6.07, 6.45) is 2.87. The third-order valence-corrected chi connectivity index (χ3v) is 20.6. The maximum atomic E-state index is 14.6. The van der Waals surface area contributed by atoms with Crippen LogP contribution in [0.2, 0.25) is 0 Å². The first-order valence-electron chi connectivity index (χ1n) is 50.8. The average molecular weight is 2120 g/mol. The average Bonchev–Trinajstić information content (AvgIpc) is 1.61. The summed E-state index contributed by atoms with van der Waals surface area (Å²) in [6.45, 7) is 32.1. The zero-order chi connectivity index (χ0) is 109. The molecule has 0 spiro atoms. The summed E-state index contributed by atoms with van der Waals surface area (Å²) in [7, 11) is 3.23. The van der Waals surface area contributed by atoms with E-state index in [1.54, 1.807) is 83.5 Å². The predicted molar refractivity (Wildman–Crippen MR) is 531 cm³/mol. The first kappa shape index (κ1) is 135. The van der Waals surface area contributed by atoms with Crippen LogP contribution in [0.4, 0.5) is 0 Å². The third-order valence-electron chi connectivity index (χ3n) is 20.6. The van der Waals surface area contributed by atoms with E-state index in [0.717, 1.165) is 24.3 Å². The highest BCUT2D eigenvalue weighted by Crippen LogP contribution is 2.23. The summed E-state index contributed by atoms with van der Waals surface area (Å²) < 4.78 is 119. The zero-order valence-electron chi connectivity index (χ0n) is 89.3. The number of methoxy groups -OCH3 is 2. The van der Waals surface area contributed by atoms with Gasteiger partial charge in [0.05, 0.1) is 238 Å². The molecule has 50 heteroatoms. The van der Waals surface area contributed by atoms with Crippen LogP contribution in [-0.4, -0.2) is 455 Å². The van der Waals surface area contributed by atoms with Gasteiger partial charge in [-0.15, -0.1) is 0 Å². The van der Waals surface area contributed by atoms with Crippen molar-refractivity contribution in [3.63, 3.8) is 0 Å².